The van der Waals surface area contributed by atoms with E-state index in [0.717, 1.165) is 30.8 Å². The molecular formula is C25H29N7OS. The van der Waals surface area contributed by atoms with Gasteiger partial charge in [-0.2, -0.15) is 10.4 Å². The zero-order valence-electron chi connectivity index (χ0n) is 20.0. The number of fused-ring (bicyclic) bond motifs is 2. The van der Waals surface area contributed by atoms with Gasteiger partial charge in [-0.05, 0) is 38.0 Å². The molecule has 4 heterocycles. The van der Waals surface area contributed by atoms with Crippen molar-refractivity contribution in [3.63, 3.8) is 0 Å². The van der Waals surface area contributed by atoms with Gasteiger partial charge in [0.25, 0.3) is 5.56 Å². The zero-order chi connectivity index (χ0) is 24.0. The van der Waals surface area contributed by atoms with E-state index >= 15 is 0 Å². The summed E-state index contributed by atoms with van der Waals surface area (Å²) in [6.45, 7) is 8.40. The number of nitriles is 1. The summed E-state index contributed by atoms with van der Waals surface area (Å²) in [4.78, 5) is 22.1. The van der Waals surface area contributed by atoms with Crippen LogP contribution < -0.4 is 10.5 Å². The molecule has 1 aromatic carbocycles. The molecule has 1 fully saturated rings. The van der Waals surface area contributed by atoms with Crippen LogP contribution in [-0.4, -0.2) is 49.2 Å². The number of aryl methyl sites for hydroxylation is 1. The molecule has 5 rings (SSSR count). The number of aromatic nitrogens is 4. The fourth-order valence-corrected chi connectivity index (χ4v) is 5.85. The molecule has 0 unspecified atom stereocenters. The van der Waals surface area contributed by atoms with E-state index in [2.05, 4.69) is 64.9 Å². The van der Waals surface area contributed by atoms with Crippen LogP contribution in [0.3, 0.4) is 0 Å². The first kappa shape index (κ1) is 22.6. The van der Waals surface area contributed by atoms with E-state index in [9.17, 15) is 4.79 Å². The summed E-state index contributed by atoms with van der Waals surface area (Å²) in [5, 5.41) is 13.8. The zero-order valence-corrected chi connectivity index (χ0v) is 20.8. The van der Waals surface area contributed by atoms with Gasteiger partial charge < -0.3 is 4.90 Å². The van der Waals surface area contributed by atoms with Crippen LogP contribution in [0.5, 0.6) is 0 Å². The summed E-state index contributed by atoms with van der Waals surface area (Å²) in [5.41, 5.74) is 5.57. The summed E-state index contributed by atoms with van der Waals surface area (Å²) < 4.78 is 4.64. The number of anilines is 1. The fraction of sp³-hybridized carbons (Fsp3) is 0.440. The van der Waals surface area contributed by atoms with Gasteiger partial charge in [0.1, 0.15) is 11.5 Å². The van der Waals surface area contributed by atoms with Crippen molar-refractivity contribution in [2.24, 2.45) is 7.05 Å². The number of benzene rings is 1. The van der Waals surface area contributed by atoms with E-state index in [-0.39, 0.29) is 24.1 Å². The van der Waals surface area contributed by atoms with Gasteiger partial charge in [-0.15, -0.1) is 11.3 Å². The standard InChI is InChI=1S/C25H29N7OS/c1-5-20-14-30(24-12-25(33)29(4)23-11-19(8-9-26)28-32(23)24)16(2)13-31(20)17(3)18-6-7-21-22(10-18)34-15-27-21/h6-7,10-12,15-17,20H,5,8,13-14H2,1-4H3/t16-,17-,20+/m0/s1. The van der Waals surface area contributed by atoms with Gasteiger partial charge in [-0.3, -0.25) is 14.3 Å². The minimum Gasteiger partial charge on any atom is -0.351 e. The first-order valence-electron chi connectivity index (χ1n) is 11.7. The number of nitrogens with zero attached hydrogens (tertiary/aromatic N) is 7. The molecule has 0 aliphatic carbocycles. The lowest BCUT2D eigenvalue weighted by Gasteiger charge is -2.48. The maximum absolute atomic E-state index is 12.8. The van der Waals surface area contributed by atoms with Gasteiger partial charge in [0.15, 0.2) is 0 Å². The Bertz CT molecular complexity index is 1450. The fourth-order valence-electron chi connectivity index (χ4n) is 5.12. The molecule has 0 radical (unpaired) electrons. The predicted octanol–water partition coefficient (Wildman–Crippen LogP) is 3.76. The molecule has 0 amide bonds. The molecule has 176 valence electrons. The average molecular weight is 476 g/mol. The van der Waals surface area contributed by atoms with Crippen LogP contribution in [0.25, 0.3) is 15.9 Å². The van der Waals surface area contributed by atoms with Crippen molar-refractivity contribution in [3.05, 3.63) is 57.5 Å². The summed E-state index contributed by atoms with van der Waals surface area (Å²) >= 11 is 1.68. The summed E-state index contributed by atoms with van der Waals surface area (Å²) in [5.74, 6) is 0.798. The number of hydrogen-bond acceptors (Lipinski definition) is 7. The van der Waals surface area contributed by atoms with Crippen molar-refractivity contribution in [1.82, 2.24) is 24.1 Å². The molecule has 1 saturated heterocycles. The molecule has 1 aliphatic rings. The Hall–Kier alpha value is -3.22. The minimum absolute atomic E-state index is 0.0696. The highest BCUT2D eigenvalue weighted by Crippen LogP contribution is 2.32. The van der Waals surface area contributed by atoms with Gasteiger partial charge in [0.05, 0.1) is 33.9 Å². The van der Waals surface area contributed by atoms with E-state index in [0.29, 0.717) is 17.4 Å². The van der Waals surface area contributed by atoms with Gasteiger partial charge in [0.2, 0.25) is 0 Å². The van der Waals surface area contributed by atoms with E-state index < -0.39 is 0 Å². The van der Waals surface area contributed by atoms with Crippen molar-refractivity contribution in [1.29, 1.82) is 5.26 Å². The van der Waals surface area contributed by atoms with Crippen molar-refractivity contribution in [3.8, 4) is 6.07 Å². The number of hydrogen-bond donors (Lipinski definition) is 0. The maximum atomic E-state index is 12.8. The van der Waals surface area contributed by atoms with E-state index in [1.807, 2.05) is 16.1 Å². The molecule has 0 spiro atoms. The lowest BCUT2D eigenvalue weighted by Crippen LogP contribution is -2.58. The second-order valence-electron chi connectivity index (χ2n) is 9.16. The van der Waals surface area contributed by atoms with E-state index in [4.69, 9.17) is 5.26 Å². The normalized spacial score (nSPS) is 20.1. The smallest absolute Gasteiger partial charge is 0.255 e. The van der Waals surface area contributed by atoms with Crippen molar-refractivity contribution < 1.29 is 0 Å². The Morgan fingerprint density at radius 3 is 2.85 bits per heavy atom. The number of rotatable bonds is 5. The minimum atomic E-state index is -0.0696. The third-order valence-corrected chi connectivity index (χ3v) is 7.92. The Morgan fingerprint density at radius 2 is 2.09 bits per heavy atom. The second-order valence-corrected chi connectivity index (χ2v) is 10.0. The Labute approximate surface area is 202 Å². The van der Waals surface area contributed by atoms with E-state index in [1.165, 1.54) is 10.3 Å². The Balaban J connectivity index is 1.48. The van der Waals surface area contributed by atoms with Crippen LogP contribution >= 0.6 is 11.3 Å². The monoisotopic (exact) mass is 475 g/mol. The molecule has 0 bridgehead atoms. The lowest BCUT2D eigenvalue weighted by molar-refractivity contribution is 0.105. The topological polar surface area (TPSA) is 82.5 Å². The van der Waals surface area contributed by atoms with Crippen LogP contribution in [0.15, 0.2) is 40.6 Å². The van der Waals surface area contributed by atoms with Crippen molar-refractivity contribution >= 4 is 33.0 Å². The SMILES string of the molecule is CC[C@@H]1CN(c2cc(=O)n(C)c3cc(CC#N)nn23)[C@@H](C)CN1[C@@H](C)c1ccc2ncsc2c1. The molecule has 4 aromatic rings. The molecule has 8 nitrogen and oxygen atoms in total. The van der Waals surface area contributed by atoms with Gasteiger partial charge >= 0.3 is 0 Å². The van der Waals surface area contributed by atoms with Crippen LogP contribution in [0.2, 0.25) is 0 Å². The molecule has 0 saturated carbocycles. The Kier molecular flexibility index (Phi) is 5.88. The van der Waals surface area contributed by atoms with Gasteiger partial charge in [-0.25, -0.2) is 9.50 Å². The molecule has 0 N–H and O–H groups in total. The lowest BCUT2D eigenvalue weighted by atomic mass is 9.98. The maximum Gasteiger partial charge on any atom is 0.255 e. The first-order valence-corrected chi connectivity index (χ1v) is 12.6. The quantitative estimate of drug-likeness (QED) is 0.437. The predicted molar refractivity (Wildman–Crippen MR) is 135 cm³/mol. The van der Waals surface area contributed by atoms with Crippen LogP contribution in [0, 0.1) is 11.3 Å². The largest absolute Gasteiger partial charge is 0.351 e. The highest BCUT2D eigenvalue weighted by atomic mass is 32.1. The van der Waals surface area contributed by atoms with Crippen LogP contribution in [-0.2, 0) is 13.5 Å². The van der Waals surface area contributed by atoms with Crippen LogP contribution in [0.1, 0.15) is 44.5 Å². The molecule has 9 heteroatoms. The third-order valence-electron chi connectivity index (χ3n) is 7.13. The van der Waals surface area contributed by atoms with Crippen molar-refractivity contribution in [2.45, 2.75) is 51.7 Å². The van der Waals surface area contributed by atoms with Crippen molar-refractivity contribution in [2.75, 3.05) is 18.0 Å². The average Bonchev–Trinajstić information content (AvgIpc) is 3.48. The molecule has 3 atom stereocenters. The highest BCUT2D eigenvalue weighted by molar-refractivity contribution is 7.16. The molecular weight excluding hydrogens is 446 g/mol. The number of piperazine rings is 1. The second kappa shape index (κ2) is 8.85. The number of thiazole rings is 1. The summed E-state index contributed by atoms with van der Waals surface area (Å²) in [6, 6.07) is 13.1. The van der Waals surface area contributed by atoms with E-state index in [1.54, 1.807) is 29.0 Å². The molecule has 1 aliphatic heterocycles. The highest BCUT2D eigenvalue weighted by Gasteiger charge is 2.35. The van der Waals surface area contributed by atoms with Gasteiger partial charge in [0, 0.05) is 50.4 Å². The molecule has 3 aromatic heterocycles. The first-order chi connectivity index (χ1) is 16.4. The summed E-state index contributed by atoms with van der Waals surface area (Å²) in [7, 11) is 1.75. The van der Waals surface area contributed by atoms with Gasteiger partial charge in [-0.1, -0.05) is 13.0 Å². The summed E-state index contributed by atoms with van der Waals surface area (Å²) in [6.07, 6.45) is 1.22. The molecule has 34 heavy (non-hydrogen) atoms. The Morgan fingerprint density at radius 1 is 1.26 bits per heavy atom. The third kappa shape index (κ3) is 3.77. The van der Waals surface area contributed by atoms with Crippen LogP contribution in [0.4, 0.5) is 5.82 Å².